The molecule has 0 aromatic carbocycles. The van der Waals surface area contributed by atoms with E-state index in [1.165, 1.54) is 28.1 Å². The van der Waals surface area contributed by atoms with Crippen molar-refractivity contribution >= 4 is 39.6 Å². The molecule has 3 heterocycles. The molecule has 0 saturated carbocycles. The number of thiophene rings is 1. The van der Waals surface area contributed by atoms with E-state index in [0.717, 1.165) is 42.5 Å². The van der Waals surface area contributed by atoms with Crippen LogP contribution in [0.3, 0.4) is 0 Å². The highest BCUT2D eigenvalue weighted by molar-refractivity contribution is 7.16. The van der Waals surface area contributed by atoms with E-state index in [2.05, 4.69) is 26.3 Å². The Morgan fingerprint density at radius 1 is 1.20 bits per heavy atom. The summed E-state index contributed by atoms with van der Waals surface area (Å²) in [7, 11) is 0. The van der Waals surface area contributed by atoms with Gasteiger partial charge >= 0.3 is 5.97 Å². The number of thiazole rings is 1. The van der Waals surface area contributed by atoms with Crippen molar-refractivity contribution in [1.29, 1.82) is 5.26 Å². The zero-order chi connectivity index (χ0) is 20.9. The Labute approximate surface area is 180 Å². The van der Waals surface area contributed by atoms with Crippen LogP contribution in [0.1, 0.15) is 45.8 Å². The van der Waals surface area contributed by atoms with Crippen molar-refractivity contribution < 1.29 is 14.3 Å². The van der Waals surface area contributed by atoms with E-state index >= 15 is 0 Å². The molecule has 3 aromatic rings. The average molecular weight is 440 g/mol. The molecule has 152 valence electrons. The van der Waals surface area contributed by atoms with Crippen LogP contribution in [0.2, 0.25) is 0 Å². The van der Waals surface area contributed by atoms with Crippen LogP contribution in [0.15, 0.2) is 23.8 Å². The van der Waals surface area contributed by atoms with Gasteiger partial charge in [0.15, 0.2) is 23.1 Å². The van der Waals surface area contributed by atoms with Crippen LogP contribution in [0.4, 0.5) is 5.00 Å². The summed E-state index contributed by atoms with van der Waals surface area (Å²) in [6, 6.07) is 3.90. The molecule has 4 rings (SSSR count). The molecule has 1 N–H and O–H groups in total. The van der Waals surface area contributed by atoms with Crippen molar-refractivity contribution in [3.05, 3.63) is 45.5 Å². The number of fused-ring (bicyclic) bond motifs is 1. The summed E-state index contributed by atoms with van der Waals surface area (Å²) in [5.74, 6) is -0.773. The normalized spacial score (nSPS) is 13.0. The van der Waals surface area contributed by atoms with Gasteiger partial charge in [0.25, 0.3) is 5.91 Å². The second-order valence-corrected chi connectivity index (χ2v) is 8.58. The molecule has 0 spiro atoms. The summed E-state index contributed by atoms with van der Waals surface area (Å²) < 4.78 is 5.08. The van der Waals surface area contributed by atoms with E-state index in [4.69, 9.17) is 4.74 Å². The summed E-state index contributed by atoms with van der Waals surface area (Å²) in [4.78, 5) is 38.0. The fourth-order valence-corrected chi connectivity index (χ4v) is 5.19. The number of esters is 1. The fraction of sp³-hybridized carbons (Fsp3) is 0.300. The third-order valence-electron chi connectivity index (χ3n) is 4.59. The average Bonchev–Trinajstić information content (AvgIpc) is 3.31. The molecule has 0 bridgehead atoms. The van der Waals surface area contributed by atoms with Crippen LogP contribution in [0, 0.1) is 11.3 Å². The topological polar surface area (TPSA) is 118 Å². The van der Waals surface area contributed by atoms with E-state index in [9.17, 15) is 14.9 Å². The Morgan fingerprint density at radius 3 is 2.80 bits per heavy atom. The number of hydrogen-bond acceptors (Lipinski definition) is 9. The summed E-state index contributed by atoms with van der Waals surface area (Å²) in [5.41, 5.74) is 1.67. The van der Waals surface area contributed by atoms with E-state index in [0.29, 0.717) is 21.4 Å². The number of rotatable bonds is 5. The third-order valence-corrected chi connectivity index (χ3v) is 6.64. The molecule has 0 saturated heterocycles. The van der Waals surface area contributed by atoms with E-state index < -0.39 is 18.5 Å². The number of amides is 1. The molecule has 8 nitrogen and oxygen atoms in total. The van der Waals surface area contributed by atoms with Crippen molar-refractivity contribution in [2.75, 3.05) is 11.9 Å². The van der Waals surface area contributed by atoms with E-state index in [-0.39, 0.29) is 5.69 Å². The highest BCUT2D eigenvalue weighted by atomic mass is 32.1. The third kappa shape index (κ3) is 4.37. The van der Waals surface area contributed by atoms with Gasteiger partial charge in [0.2, 0.25) is 0 Å². The molecule has 0 unspecified atom stereocenters. The first-order valence-corrected chi connectivity index (χ1v) is 11.1. The Balaban J connectivity index is 1.37. The van der Waals surface area contributed by atoms with Crippen molar-refractivity contribution in [3.8, 4) is 16.9 Å². The standard InChI is InChI=1S/C20H17N5O3S2/c21-9-13-12-5-2-1-3-6-15(12)30-18(13)25-16(26)10-28-20(27)14-11-29-19(24-14)17-22-7-4-8-23-17/h4,7-8,11H,1-3,5-6,10H2,(H,25,26). The van der Waals surface area contributed by atoms with Crippen LogP contribution in [-0.2, 0) is 22.4 Å². The van der Waals surface area contributed by atoms with Gasteiger partial charge in [-0.25, -0.2) is 19.7 Å². The number of hydrogen-bond donors (Lipinski definition) is 1. The number of nitrogens with zero attached hydrogens (tertiary/aromatic N) is 4. The number of ether oxygens (including phenoxy) is 1. The van der Waals surface area contributed by atoms with Gasteiger partial charge < -0.3 is 10.1 Å². The summed E-state index contributed by atoms with van der Waals surface area (Å²) in [6.07, 6.45) is 8.25. The van der Waals surface area contributed by atoms with Crippen LogP contribution in [0.25, 0.3) is 10.8 Å². The van der Waals surface area contributed by atoms with Crippen LogP contribution in [-0.4, -0.2) is 33.4 Å². The predicted octanol–water partition coefficient (Wildman–Crippen LogP) is 3.60. The molecule has 0 atom stereocenters. The lowest BCUT2D eigenvalue weighted by Gasteiger charge is -2.05. The number of aromatic nitrogens is 3. The molecule has 0 radical (unpaired) electrons. The van der Waals surface area contributed by atoms with Crippen molar-refractivity contribution in [2.45, 2.75) is 32.1 Å². The minimum absolute atomic E-state index is 0.0933. The fourth-order valence-electron chi connectivity index (χ4n) is 3.20. The molecule has 30 heavy (non-hydrogen) atoms. The molecule has 1 aliphatic rings. The number of carbonyl (C=O) groups excluding carboxylic acids is 2. The van der Waals surface area contributed by atoms with E-state index in [1.807, 2.05) is 0 Å². The molecule has 1 aliphatic carbocycles. The SMILES string of the molecule is N#Cc1c(NC(=O)COC(=O)c2csc(-c3ncccn3)n2)sc2c1CCCCC2. The first-order chi connectivity index (χ1) is 14.7. The highest BCUT2D eigenvalue weighted by Gasteiger charge is 2.22. The largest absolute Gasteiger partial charge is 0.451 e. The number of nitrogens with one attached hydrogen (secondary N) is 1. The number of anilines is 1. The number of nitriles is 1. The van der Waals surface area contributed by atoms with Gasteiger partial charge in [-0.1, -0.05) is 6.42 Å². The van der Waals surface area contributed by atoms with Gasteiger partial charge in [-0.2, -0.15) is 5.26 Å². The second-order valence-electron chi connectivity index (χ2n) is 6.61. The molecular weight excluding hydrogens is 422 g/mol. The molecular formula is C20H17N5O3S2. The minimum Gasteiger partial charge on any atom is -0.451 e. The first kappa shape index (κ1) is 20.1. The van der Waals surface area contributed by atoms with Crippen LogP contribution in [0.5, 0.6) is 0 Å². The van der Waals surface area contributed by atoms with Crippen molar-refractivity contribution in [1.82, 2.24) is 15.0 Å². The zero-order valence-corrected chi connectivity index (χ0v) is 17.5. The Bertz CT molecular complexity index is 1120. The Morgan fingerprint density at radius 2 is 2.00 bits per heavy atom. The maximum atomic E-state index is 12.3. The molecule has 1 amide bonds. The monoisotopic (exact) mass is 439 g/mol. The van der Waals surface area contributed by atoms with Gasteiger partial charge in [-0.3, -0.25) is 4.79 Å². The molecule has 3 aromatic heterocycles. The van der Waals surface area contributed by atoms with Crippen molar-refractivity contribution in [2.24, 2.45) is 0 Å². The van der Waals surface area contributed by atoms with Crippen LogP contribution < -0.4 is 5.32 Å². The predicted molar refractivity (Wildman–Crippen MR) is 112 cm³/mol. The van der Waals surface area contributed by atoms with Gasteiger partial charge in [0, 0.05) is 22.7 Å². The first-order valence-electron chi connectivity index (χ1n) is 9.40. The molecule has 10 heteroatoms. The summed E-state index contributed by atoms with van der Waals surface area (Å²) >= 11 is 2.66. The lowest BCUT2D eigenvalue weighted by molar-refractivity contribution is -0.119. The van der Waals surface area contributed by atoms with Crippen molar-refractivity contribution in [3.63, 3.8) is 0 Å². The summed E-state index contributed by atoms with van der Waals surface area (Å²) in [5, 5.41) is 14.8. The highest BCUT2D eigenvalue weighted by Crippen LogP contribution is 2.36. The number of aryl methyl sites for hydroxylation is 1. The lowest BCUT2D eigenvalue weighted by Crippen LogP contribution is -2.21. The zero-order valence-electron chi connectivity index (χ0n) is 15.9. The molecule has 0 aliphatic heterocycles. The summed E-state index contributed by atoms with van der Waals surface area (Å²) in [6.45, 7) is -0.457. The van der Waals surface area contributed by atoms with E-state index in [1.54, 1.807) is 18.5 Å². The Kier molecular flexibility index (Phi) is 6.11. The molecule has 0 fully saturated rings. The quantitative estimate of drug-likeness (QED) is 0.477. The Hall–Kier alpha value is -3.16. The van der Waals surface area contributed by atoms with Gasteiger partial charge in [0.05, 0.1) is 5.56 Å². The van der Waals surface area contributed by atoms with Gasteiger partial charge in [0.1, 0.15) is 11.1 Å². The lowest BCUT2D eigenvalue weighted by atomic mass is 10.1. The smallest absolute Gasteiger partial charge is 0.358 e. The maximum Gasteiger partial charge on any atom is 0.358 e. The maximum absolute atomic E-state index is 12.3. The number of carbonyl (C=O) groups is 2. The van der Waals surface area contributed by atoms with Gasteiger partial charge in [-0.05, 0) is 37.3 Å². The second kappa shape index (κ2) is 9.11. The minimum atomic E-state index is -0.703. The van der Waals surface area contributed by atoms with Crippen LogP contribution >= 0.6 is 22.7 Å². The van der Waals surface area contributed by atoms with Gasteiger partial charge in [-0.15, -0.1) is 22.7 Å².